The molecule has 1 aliphatic rings. The molecule has 16 heteroatoms. The van der Waals surface area contributed by atoms with Crippen LogP contribution in [0.2, 0.25) is 0 Å². The Morgan fingerprint density at radius 2 is 1.54 bits per heavy atom. The van der Waals surface area contributed by atoms with Gasteiger partial charge in [-0.05, 0) is 5.18 Å². The van der Waals surface area contributed by atoms with Gasteiger partial charge in [-0.1, -0.05) is 0 Å². The number of esters is 4. The first kappa shape index (κ1) is 27.2. The Labute approximate surface area is 197 Å². The van der Waals surface area contributed by atoms with E-state index in [4.69, 9.17) is 28.4 Å². The third kappa shape index (κ3) is 7.20. The summed E-state index contributed by atoms with van der Waals surface area (Å²) in [5.74, 6) is -3.60. The molecule has 1 aromatic heterocycles. The first-order valence-electron chi connectivity index (χ1n) is 10.1. The molecule has 1 aliphatic heterocycles. The van der Waals surface area contributed by atoms with Gasteiger partial charge in [-0.25, -0.2) is 0 Å². The van der Waals surface area contributed by atoms with Gasteiger partial charge in [0.15, 0.2) is 30.4 Å². The topological polar surface area (TPSA) is 211 Å². The van der Waals surface area contributed by atoms with Crippen LogP contribution >= 0.6 is 0 Å². The summed E-state index contributed by atoms with van der Waals surface area (Å²) in [5.41, 5.74) is -1.65. The summed E-state index contributed by atoms with van der Waals surface area (Å²) in [6.07, 6.45) is -7.09. The van der Waals surface area contributed by atoms with Crippen LogP contribution in [0.5, 0.6) is 6.01 Å². The summed E-state index contributed by atoms with van der Waals surface area (Å²) in [7, 11) is 1.20. The lowest BCUT2D eigenvalue weighted by molar-refractivity contribution is -0.247. The molecule has 2 heterocycles. The molecule has 1 fully saturated rings. The van der Waals surface area contributed by atoms with Gasteiger partial charge >= 0.3 is 23.9 Å². The van der Waals surface area contributed by atoms with E-state index in [0.29, 0.717) is 0 Å². The van der Waals surface area contributed by atoms with Crippen molar-refractivity contribution in [2.75, 3.05) is 19.0 Å². The van der Waals surface area contributed by atoms with E-state index in [1.54, 1.807) is 0 Å². The van der Waals surface area contributed by atoms with E-state index >= 15 is 0 Å². The average Bonchev–Trinajstić information content (AvgIpc) is 2.75. The summed E-state index contributed by atoms with van der Waals surface area (Å²) in [6.45, 7) is 3.85. The smallest absolute Gasteiger partial charge is 0.303 e. The number of H-pyrrole nitrogens is 1. The van der Waals surface area contributed by atoms with Crippen molar-refractivity contribution >= 4 is 35.4 Å². The number of hydrogen-bond donors (Lipinski definition) is 2. The molecule has 2 rings (SSSR count). The highest BCUT2D eigenvalue weighted by atomic mass is 16.7. The summed E-state index contributed by atoms with van der Waals surface area (Å²) in [6, 6.07) is -0.296. The van der Waals surface area contributed by atoms with Crippen LogP contribution in [0.1, 0.15) is 27.7 Å². The second kappa shape index (κ2) is 11.9. The third-order valence-corrected chi connectivity index (χ3v) is 4.43. The number of methoxy groups -OCH3 is 1. The average molecular weight is 500 g/mol. The van der Waals surface area contributed by atoms with Crippen molar-refractivity contribution in [2.45, 2.75) is 58.3 Å². The van der Waals surface area contributed by atoms with E-state index in [1.807, 2.05) is 0 Å². The van der Waals surface area contributed by atoms with Gasteiger partial charge in [-0.2, -0.15) is 4.98 Å². The number of hydrogen-bond acceptors (Lipinski definition) is 15. The van der Waals surface area contributed by atoms with Gasteiger partial charge in [0.1, 0.15) is 12.7 Å². The molecule has 0 aliphatic carbocycles. The summed E-state index contributed by atoms with van der Waals surface area (Å²) >= 11 is 0. The highest BCUT2D eigenvalue weighted by Crippen LogP contribution is 2.31. The zero-order chi connectivity index (χ0) is 26.3. The molecule has 5 atom stereocenters. The van der Waals surface area contributed by atoms with Crippen LogP contribution in [0.4, 0.5) is 11.5 Å². The van der Waals surface area contributed by atoms with Gasteiger partial charge in [0.05, 0.1) is 7.11 Å². The molecule has 0 radical (unpaired) electrons. The van der Waals surface area contributed by atoms with Gasteiger partial charge in [-0.3, -0.25) is 29.0 Å². The molecular weight excluding hydrogens is 476 g/mol. The number of nitrogens with zero attached hydrogens (tertiary/aromatic N) is 2. The van der Waals surface area contributed by atoms with Crippen LogP contribution in [-0.2, 0) is 42.9 Å². The zero-order valence-corrected chi connectivity index (χ0v) is 19.4. The number of nitroso groups, excluding NO2 is 1. The van der Waals surface area contributed by atoms with Crippen LogP contribution in [0.3, 0.4) is 0 Å². The predicted octanol–water partition coefficient (Wildman–Crippen LogP) is -0.329. The van der Waals surface area contributed by atoms with Crippen molar-refractivity contribution in [2.24, 2.45) is 5.18 Å². The van der Waals surface area contributed by atoms with Crippen molar-refractivity contribution in [3.8, 4) is 6.01 Å². The lowest BCUT2D eigenvalue weighted by Crippen LogP contribution is -2.64. The minimum Gasteiger partial charge on any atom is -0.468 e. The molecule has 0 aromatic carbocycles. The van der Waals surface area contributed by atoms with Gasteiger partial charge in [0.25, 0.3) is 11.6 Å². The monoisotopic (exact) mass is 500 g/mol. The van der Waals surface area contributed by atoms with Gasteiger partial charge < -0.3 is 33.7 Å². The number of carbonyl (C=O) groups is 4. The van der Waals surface area contributed by atoms with E-state index in [9.17, 15) is 28.9 Å². The second-order valence-corrected chi connectivity index (χ2v) is 7.13. The number of carbonyl (C=O) groups excluding carboxylic acids is 4. The number of ether oxygens (including phenoxy) is 6. The molecular formula is C19H24N4O12. The standard InChI is InChI=1S/C19H24N4O12/c1-7(24)31-6-11-13(32-8(2)25)14(33-9(3)26)15(34-10(4)27)18(35-11)20-16-12(23-29)17(28)22-19(21-16)30-5/h11,13-15,18H,6H2,1-5H3,(H2,20,21,22,28)/t11-,13-,14+,15-,18-/m1/s1. The molecule has 0 unspecified atom stereocenters. The highest BCUT2D eigenvalue weighted by molar-refractivity contribution is 5.69. The molecule has 0 spiro atoms. The lowest BCUT2D eigenvalue weighted by Gasteiger charge is -2.44. The molecule has 0 amide bonds. The van der Waals surface area contributed by atoms with Crippen LogP contribution in [0.25, 0.3) is 0 Å². The van der Waals surface area contributed by atoms with Gasteiger partial charge in [0.2, 0.25) is 5.69 Å². The maximum absolute atomic E-state index is 12.2. The molecule has 1 aromatic rings. The van der Waals surface area contributed by atoms with Crippen molar-refractivity contribution in [3.05, 3.63) is 15.3 Å². The SMILES string of the molecule is COc1nc(N[C@@H]2O[C@H](COC(C)=O)[C@@H](OC(C)=O)[C@H](OC(C)=O)[C@H]2OC(C)=O)c(N=O)c(=O)[nH]1. The molecule has 16 nitrogen and oxygen atoms in total. The molecule has 2 N–H and O–H groups in total. The molecule has 1 saturated heterocycles. The molecule has 192 valence electrons. The lowest BCUT2D eigenvalue weighted by atomic mass is 9.97. The zero-order valence-electron chi connectivity index (χ0n) is 19.4. The van der Waals surface area contributed by atoms with E-state index in [1.165, 1.54) is 7.11 Å². The Kier molecular flexibility index (Phi) is 9.21. The summed E-state index contributed by atoms with van der Waals surface area (Å²) in [4.78, 5) is 76.4. The first-order chi connectivity index (χ1) is 16.5. The number of aromatic amines is 1. The normalized spacial score (nSPS) is 23.4. The quantitative estimate of drug-likeness (QED) is 0.253. The van der Waals surface area contributed by atoms with Crippen molar-refractivity contribution < 1.29 is 47.6 Å². The Bertz CT molecular complexity index is 1040. The fourth-order valence-corrected chi connectivity index (χ4v) is 3.21. The molecule has 0 bridgehead atoms. The maximum atomic E-state index is 12.2. The highest BCUT2D eigenvalue weighted by Gasteiger charge is 2.52. The minimum absolute atomic E-state index is 0.296. The van der Waals surface area contributed by atoms with E-state index in [2.05, 4.69) is 20.5 Å². The number of aromatic nitrogens is 2. The van der Waals surface area contributed by atoms with E-state index in [0.717, 1.165) is 27.7 Å². The Hall–Kier alpha value is -4.08. The maximum Gasteiger partial charge on any atom is 0.303 e. The fraction of sp³-hybridized carbons (Fsp3) is 0.579. The van der Waals surface area contributed by atoms with Crippen molar-refractivity contribution in [1.82, 2.24) is 9.97 Å². The molecule has 0 saturated carbocycles. The van der Waals surface area contributed by atoms with Crippen LogP contribution in [-0.4, -0.2) is 78.2 Å². The summed E-state index contributed by atoms with van der Waals surface area (Å²) in [5, 5.41) is 5.23. The number of nitrogens with one attached hydrogen (secondary N) is 2. The van der Waals surface area contributed by atoms with Crippen LogP contribution in [0.15, 0.2) is 9.97 Å². The molecule has 35 heavy (non-hydrogen) atoms. The van der Waals surface area contributed by atoms with Crippen molar-refractivity contribution in [1.29, 1.82) is 0 Å². The largest absolute Gasteiger partial charge is 0.468 e. The van der Waals surface area contributed by atoms with Gasteiger partial charge in [-0.15, -0.1) is 4.91 Å². The van der Waals surface area contributed by atoms with E-state index in [-0.39, 0.29) is 6.01 Å². The summed E-state index contributed by atoms with van der Waals surface area (Å²) < 4.78 is 31.5. The van der Waals surface area contributed by atoms with E-state index < -0.39 is 78.2 Å². The first-order valence-corrected chi connectivity index (χ1v) is 10.1. The predicted molar refractivity (Wildman–Crippen MR) is 112 cm³/mol. The van der Waals surface area contributed by atoms with Crippen LogP contribution < -0.4 is 15.6 Å². The van der Waals surface area contributed by atoms with Gasteiger partial charge in [0, 0.05) is 27.7 Å². The Morgan fingerprint density at radius 3 is 2.06 bits per heavy atom. The minimum atomic E-state index is -1.50. The van der Waals surface area contributed by atoms with Crippen LogP contribution in [0, 0.1) is 4.91 Å². The number of rotatable bonds is 9. The second-order valence-electron chi connectivity index (χ2n) is 7.13. The van der Waals surface area contributed by atoms with Crippen molar-refractivity contribution in [3.63, 3.8) is 0 Å². The third-order valence-electron chi connectivity index (χ3n) is 4.43. The fourth-order valence-electron chi connectivity index (χ4n) is 3.21. The Balaban J connectivity index is 2.59. The number of anilines is 1. The Morgan fingerprint density at radius 1 is 0.971 bits per heavy atom.